The lowest BCUT2D eigenvalue weighted by atomic mass is 10.0. The van der Waals surface area contributed by atoms with Crippen molar-refractivity contribution in [2.45, 2.75) is 381 Å². The van der Waals surface area contributed by atoms with Gasteiger partial charge in [0.2, 0.25) is 0 Å². The van der Waals surface area contributed by atoms with E-state index >= 15 is 0 Å². The van der Waals surface area contributed by atoms with Gasteiger partial charge in [0.1, 0.15) is 19.3 Å². The first kappa shape index (κ1) is 89.1. The molecule has 0 heterocycles. The van der Waals surface area contributed by atoms with Crippen LogP contribution in [-0.4, -0.2) is 96.7 Å². The zero-order valence-corrected chi connectivity index (χ0v) is 61.1. The van der Waals surface area contributed by atoms with Crippen LogP contribution in [0.25, 0.3) is 0 Å². The first-order valence-electron chi connectivity index (χ1n) is 37.3. The lowest BCUT2D eigenvalue weighted by Crippen LogP contribution is -2.30. The van der Waals surface area contributed by atoms with Crippen molar-refractivity contribution in [2.75, 3.05) is 39.6 Å². The molecule has 0 rings (SSSR count). The predicted molar refractivity (Wildman–Crippen MR) is 368 cm³/mol. The number of esters is 4. The Balaban J connectivity index is 5.20. The highest BCUT2D eigenvalue weighted by atomic mass is 31.2. The van der Waals surface area contributed by atoms with E-state index < -0.39 is 97.5 Å². The molecule has 0 aliphatic rings. The van der Waals surface area contributed by atoms with Crippen LogP contribution in [-0.2, 0) is 65.4 Å². The summed E-state index contributed by atoms with van der Waals surface area (Å²) in [5, 5.41) is 10.6. The van der Waals surface area contributed by atoms with Crippen molar-refractivity contribution < 1.29 is 80.2 Å². The van der Waals surface area contributed by atoms with Gasteiger partial charge in [-0.05, 0) is 43.4 Å². The van der Waals surface area contributed by atoms with Crippen LogP contribution in [0, 0.1) is 17.8 Å². The molecule has 540 valence electrons. The molecule has 0 aromatic carbocycles. The van der Waals surface area contributed by atoms with Crippen molar-refractivity contribution >= 4 is 39.5 Å². The normalized spacial score (nSPS) is 14.2. The summed E-state index contributed by atoms with van der Waals surface area (Å²) in [4.78, 5) is 72.5. The molecule has 17 nitrogen and oxygen atoms in total. The van der Waals surface area contributed by atoms with Crippen LogP contribution in [0.15, 0.2) is 0 Å². The zero-order chi connectivity index (χ0) is 67.3. The van der Waals surface area contributed by atoms with Crippen molar-refractivity contribution in [1.29, 1.82) is 0 Å². The fourth-order valence-corrected chi connectivity index (χ4v) is 12.5. The van der Waals surface area contributed by atoms with Gasteiger partial charge in [-0.15, -0.1) is 0 Å². The maximum Gasteiger partial charge on any atom is 0.472 e. The van der Waals surface area contributed by atoms with E-state index in [4.69, 9.17) is 37.0 Å². The van der Waals surface area contributed by atoms with Crippen LogP contribution < -0.4 is 0 Å². The van der Waals surface area contributed by atoms with Crippen LogP contribution in [0.2, 0.25) is 0 Å². The number of unbranched alkanes of at least 4 members (excludes halogenated alkanes) is 38. The topological polar surface area (TPSA) is 237 Å². The Morgan fingerprint density at radius 2 is 0.505 bits per heavy atom. The minimum atomic E-state index is -4.95. The molecule has 0 aromatic rings. The van der Waals surface area contributed by atoms with E-state index in [2.05, 4.69) is 48.5 Å². The summed E-state index contributed by atoms with van der Waals surface area (Å²) >= 11 is 0. The third kappa shape index (κ3) is 66.5. The molecule has 0 aliphatic heterocycles. The molecular formula is C72H140O17P2. The summed E-state index contributed by atoms with van der Waals surface area (Å²) in [5.74, 6) is 0.186. The van der Waals surface area contributed by atoms with Gasteiger partial charge in [-0.1, -0.05) is 312 Å². The highest BCUT2D eigenvalue weighted by Crippen LogP contribution is 2.45. The average Bonchev–Trinajstić information content (AvgIpc) is 3.59. The molecule has 0 spiro atoms. The third-order valence-electron chi connectivity index (χ3n) is 16.6. The summed E-state index contributed by atoms with van der Waals surface area (Å²) in [6, 6.07) is 0. The van der Waals surface area contributed by atoms with Crippen molar-refractivity contribution in [3.8, 4) is 0 Å². The van der Waals surface area contributed by atoms with Crippen molar-refractivity contribution in [3.05, 3.63) is 0 Å². The van der Waals surface area contributed by atoms with E-state index in [0.29, 0.717) is 25.7 Å². The minimum absolute atomic E-state index is 0.105. The number of phosphoric ester groups is 2. The van der Waals surface area contributed by atoms with Gasteiger partial charge in [-0.25, -0.2) is 9.13 Å². The second kappa shape index (κ2) is 62.8. The lowest BCUT2D eigenvalue weighted by molar-refractivity contribution is -0.161. The number of aliphatic hydroxyl groups is 1. The van der Waals surface area contributed by atoms with Crippen molar-refractivity contribution in [3.63, 3.8) is 0 Å². The highest BCUT2D eigenvalue weighted by Gasteiger charge is 2.30. The Labute approximate surface area is 556 Å². The van der Waals surface area contributed by atoms with Gasteiger partial charge >= 0.3 is 39.5 Å². The summed E-state index contributed by atoms with van der Waals surface area (Å²) < 4.78 is 68.3. The summed E-state index contributed by atoms with van der Waals surface area (Å²) in [5.41, 5.74) is 0. The number of carbonyl (C=O) groups is 4. The monoisotopic (exact) mass is 1340 g/mol. The number of carbonyl (C=O) groups excluding carboxylic acids is 4. The molecule has 5 atom stereocenters. The maximum atomic E-state index is 13.0. The van der Waals surface area contributed by atoms with Gasteiger partial charge in [0.25, 0.3) is 0 Å². The second-order valence-corrected chi connectivity index (χ2v) is 30.3. The number of hydrogen-bond acceptors (Lipinski definition) is 15. The molecule has 19 heteroatoms. The fourth-order valence-electron chi connectivity index (χ4n) is 10.9. The Morgan fingerprint density at radius 3 is 0.747 bits per heavy atom. The van der Waals surface area contributed by atoms with Crippen LogP contribution in [0.5, 0.6) is 0 Å². The molecule has 0 aliphatic carbocycles. The van der Waals surface area contributed by atoms with Crippen LogP contribution in [0.3, 0.4) is 0 Å². The fraction of sp³-hybridized carbons (Fsp3) is 0.944. The summed E-state index contributed by atoms with van der Waals surface area (Å²) in [6.07, 6.45) is 47.3. The first-order chi connectivity index (χ1) is 43.7. The Hall–Kier alpha value is -1.94. The molecule has 0 aromatic heterocycles. The lowest BCUT2D eigenvalue weighted by Gasteiger charge is -2.21. The highest BCUT2D eigenvalue weighted by molar-refractivity contribution is 7.47. The molecule has 2 unspecified atom stereocenters. The van der Waals surface area contributed by atoms with Crippen molar-refractivity contribution in [2.24, 2.45) is 17.8 Å². The van der Waals surface area contributed by atoms with Gasteiger partial charge in [0.15, 0.2) is 12.2 Å². The second-order valence-electron chi connectivity index (χ2n) is 27.4. The molecule has 0 amide bonds. The summed E-state index contributed by atoms with van der Waals surface area (Å²) in [7, 11) is -9.90. The predicted octanol–water partition coefficient (Wildman–Crippen LogP) is 20.6. The number of hydrogen-bond donors (Lipinski definition) is 3. The largest absolute Gasteiger partial charge is 0.472 e. The molecule has 0 fully saturated rings. The van der Waals surface area contributed by atoms with Gasteiger partial charge in [0, 0.05) is 25.7 Å². The smallest absolute Gasteiger partial charge is 0.462 e. The molecule has 0 bridgehead atoms. The van der Waals surface area contributed by atoms with E-state index in [-0.39, 0.29) is 25.7 Å². The number of ether oxygens (including phenoxy) is 4. The average molecular weight is 1340 g/mol. The number of rotatable bonds is 70. The first-order valence-corrected chi connectivity index (χ1v) is 40.3. The molecule has 91 heavy (non-hydrogen) atoms. The molecule has 0 radical (unpaired) electrons. The number of aliphatic hydroxyl groups excluding tert-OH is 1. The zero-order valence-electron chi connectivity index (χ0n) is 59.3. The molecular weight excluding hydrogens is 1200 g/mol. The van der Waals surface area contributed by atoms with E-state index in [1.807, 2.05) is 0 Å². The Bertz CT molecular complexity index is 1780. The van der Waals surface area contributed by atoms with Crippen LogP contribution in [0.4, 0.5) is 0 Å². The van der Waals surface area contributed by atoms with Crippen molar-refractivity contribution in [1.82, 2.24) is 0 Å². The molecule has 0 saturated heterocycles. The van der Waals surface area contributed by atoms with Crippen LogP contribution >= 0.6 is 15.6 Å². The van der Waals surface area contributed by atoms with Gasteiger partial charge in [-0.3, -0.25) is 37.3 Å². The standard InChI is InChI=1S/C72H140O17P2/c1-8-9-10-11-29-39-46-53-69(74)82-59-67(88-72(77)56-49-42-35-28-22-20-25-32-38-45-52-65(6)7)61-86-90(78,79)84-57-66(73)58-85-91(80,81)87-62-68(60-83-70(75)54-47-40-33-26-21-19-24-31-37-44-51-64(4)5)89-71(76)55-48-41-34-27-18-16-14-12-13-15-17-23-30-36-43-50-63(2)3/h63-68,73H,8-62H2,1-7H3,(H,78,79)(H,80,81)/t66-,67+,68+/m0/s1. The summed E-state index contributed by atoms with van der Waals surface area (Å²) in [6.45, 7) is 11.8. The quantitative estimate of drug-likeness (QED) is 0.0222. The van der Waals surface area contributed by atoms with Gasteiger partial charge in [0.05, 0.1) is 26.4 Å². The van der Waals surface area contributed by atoms with E-state index in [0.717, 1.165) is 120 Å². The Morgan fingerprint density at radius 1 is 0.297 bits per heavy atom. The van der Waals surface area contributed by atoms with E-state index in [1.165, 1.54) is 161 Å². The third-order valence-corrected chi connectivity index (χ3v) is 18.5. The van der Waals surface area contributed by atoms with Crippen LogP contribution in [0.1, 0.15) is 363 Å². The maximum absolute atomic E-state index is 13.0. The Kier molecular flexibility index (Phi) is 61.5. The SMILES string of the molecule is CCCCCCCCCC(=O)OC[C@H](COP(=O)(O)OC[C@H](O)COP(=O)(O)OC[C@@H](COC(=O)CCCCCCCCCCCCC(C)C)OC(=O)CCCCCCCCCCCCCCCCCC(C)C)OC(=O)CCCCCCCCCCCCC(C)C. The molecule has 3 N–H and O–H groups in total. The van der Waals surface area contributed by atoms with Gasteiger partial charge in [-0.2, -0.15) is 0 Å². The van der Waals surface area contributed by atoms with E-state index in [1.54, 1.807) is 0 Å². The van der Waals surface area contributed by atoms with E-state index in [9.17, 15) is 43.2 Å². The minimum Gasteiger partial charge on any atom is -0.462 e. The van der Waals surface area contributed by atoms with Gasteiger partial charge < -0.3 is 33.8 Å². The number of phosphoric acid groups is 2. The molecule has 0 saturated carbocycles.